The van der Waals surface area contributed by atoms with E-state index in [-0.39, 0.29) is 24.3 Å². The van der Waals surface area contributed by atoms with Crippen molar-refractivity contribution in [3.05, 3.63) is 35.1 Å². The van der Waals surface area contributed by atoms with Crippen LogP contribution in [0.25, 0.3) is 0 Å². The Labute approximate surface area is 157 Å². The molecule has 2 atom stereocenters. The molecule has 26 heavy (non-hydrogen) atoms. The number of thioether (sulfide) groups is 1. The summed E-state index contributed by atoms with van der Waals surface area (Å²) in [6, 6.07) is 5.06. The number of carbonyl (C=O) groups excluding carboxylic acids is 1. The maximum absolute atomic E-state index is 14.2. The quantitative estimate of drug-likeness (QED) is 0.876. The van der Waals surface area contributed by atoms with Gasteiger partial charge in [-0.1, -0.05) is 19.1 Å². The van der Waals surface area contributed by atoms with E-state index in [9.17, 15) is 19.1 Å². The van der Waals surface area contributed by atoms with Crippen molar-refractivity contribution in [3.63, 3.8) is 0 Å². The molecule has 0 aliphatic carbocycles. The Morgan fingerprint density at radius 2 is 1.96 bits per heavy atom. The molecular formula is C19H25FN2O3S. The molecule has 0 bridgehead atoms. The number of aryl methyl sites for hydroxylation is 1. The molecule has 2 amide bonds. The molecule has 2 fully saturated rings. The van der Waals surface area contributed by atoms with Crippen molar-refractivity contribution in [2.24, 2.45) is 5.92 Å². The van der Waals surface area contributed by atoms with E-state index in [0.29, 0.717) is 38.0 Å². The molecule has 0 aromatic heterocycles. The third-order valence-electron chi connectivity index (χ3n) is 5.28. The van der Waals surface area contributed by atoms with Crippen LogP contribution in [0.4, 0.5) is 9.18 Å². The number of hydrogen-bond acceptors (Lipinski definition) is 3. The molecule has 1 N–H and O–H groups in total. The molecule has 3 rings (SSSR count). The average molecular weight is 380 g/mol. The number of carboxylic acid groups (broad SMARTS) is 1. The van der Waals surface area contributed by atoms with Crippen LogP contribution in [0.1, 0.15) is 30.4 Å². The first-order chi connectivity index (χ1) is 12.5. The van der Waals surface area contributed by atoms with E-state index in [4.69, 9.17) is 0 Å². The fourth-order valence-corrected chi connectivity index (χ4v) is 4.64. The van der Waals surface area contributed by atoms with Crippen LogP contribution in [-0.2, 0) is 11.2 Å². The first kappa shape index (κ1) is 19.0. The van der Waals surface area contributed by atoms with Crippen molar-refractivity contribution in [2.45, 2.75) is 25.7 Å². The van der Waals surface area contributed by atoms with Crippen molar-refractivity contribution in [1.29, 1.82) is 0 Å². The zero-order chi connectivity index (χ0) is 18.7. The topological polar surface area (TPSA) is 60.9 Å². The van der Waals surface area contributed by atoms with Crippen LogP contribution in [0, 0.1) is 11.7 Å². The van der Waals surface area contributed by atoms with Gasteiger partial charge >= 0.3 is 12.0 Å². The van der Waals surface area contributed by atoms with Gasteiger partial charge in [0.2, 0.25) is 0 Å². The lowest BCUT2D eigenvalue weighted by Crippen LogP contribution is -2.52. The van der Waals surface area contributed by atoms with Crippen LogP contribution in [0.2, 0.25) is 0 Å². The molecule has 2 heterocycles. The lowest BCUT2D eigenvalue weighted by Gasteiger charge is -2.40. The summed E-state index contributed by atoms with van der Waals surface area (Å²) in [5.41, 5.74) is 1.43. The number of aliphatic carboxylic acids is 1. The zero-order valence-corrected chi connectivity index (χ0v) is 15.8. The Morgan fingerprint density at radius 1 is 1.23 bits per heavy atom. The number of rotatable bonds is 3. The van der Waals surface area contributed by atoms with Crippen LogP contribution in [0.3, 0.4) is 0 Å². The number of amides is 2. The predicted octanol–water partition coefficient (Wildman–Crippen LogP) is 3.05. The van der Waals surface area contributed by atoms with Crippen molar-refractivity contribution < 1.29 is 19.1 Å². The average Bonchev–Trinajstić information content (AvgIpc) is 2.67. The van der Waals surface area contributed by atoms with Gasteiger partial charge in [-0.25, -0.2) is 9.18 Å². The second-order valence-corrected chi connectivity index (χ2v) is 8.18. The normalized spacial score (nSPS) is 23.8. The number of halogens is 1. The molecule has 1 aromatic rings. The molecule has 142 valence electrons. The second-order valence-electron chi connectivity index (χ2n) is 6.96. The second kappa shape index (κ2) is 8.29. The molecule has 1 aromatic carbocycles. The highest BCUT2D eigenvalue weighted by molar-refractivity contribution is 7.99. The molecule has 2 unspecified atom stereocenters. The standard InChI is InChI=1S/C19H25FN2O3S/c1-2-13-3-4-14(10-17(13)20)15-9-16(18(23)24)12-22(11-15)19(25)21-5-7-26-8-6-21/h3-4,10,15-16H,2,5-9,11-12H2,1H3,(H,23,24). The third-order valence-corrected chi connectivity index (χ3v) is 6.22. The van der Waals surface area contributed by atoms with Gasteiger partial charge in [-0.2, -0.15) is 11.8 Å². The zero-order valence-electron chi connectivity index (χ0n) is 15.0. The van der Waals surface area contributed by atoms with Gasteiger partial charge in [-0.3, -0.25) is 4.79 Å². The minimum Gasteiger partial charge on any atom is -0.481 e. The Morgan fingerprint density at radius 3 is 2.58 bits per heavy atom. The van der Waals surface area contributed by atoms with Gasteiger partial charge in [-0.15, -0.1) is 0 Å². The van der Waals surface area contributed by atoms with Crippen molar-refractivity contribution in [3.8, 4) is 0 Å². The molecule has 0 radical (unpaired) electrons. The molecule has 2 aliphatic rings. The van der Waals surface area contributed by atoms with E-state index >= 15 is 0 Å². The third kappa shape index (κ3) is 4.14. The maximum atomic E-state index is 14.2. The van der Waals surface area contributed by atoms with Crippen LogP contribution < -0.4 is 0 Å². The number of carbonyl (C=O) groups is 2. The van der Waals surface area contributed by atoms with Crippen LogP contribution in [-0.4, -0.2) is 64.6 Å². The molecule has 7 heteroatoms. The van der Waals surface area contributed by atoms with Crippen molar-refractivity contribution in [1.82, 2.24) is 9.80 Å². The number of piperidine rings is 1. The van der Waals surface area contributed by atoms with Crippen LogP contribution >= 0.6 is 11.8 Å². The van der Waals surface area contributed by atoms with Gasteiger partial charge in [0.1, 0.15) is 5.82 Å². The lowest BCUT2D eigenvalue weighted by molar-refractivity contribution is -0.143. The van der Waals surface area contributed by atoms with E-state index < -0.39 is 11.9 Å². The van der Waals surface area contributed by atoms with Gasteiger partial charge in [0.15, 0.2) is 0 Å². The highest BCUT2D eigenvalue weighted by Crippen LogP contribution is 2.32. The van der Waals surface area contributed by atoms with Gasteiger partial charge < -0.3 is 14.9 Å². The van der Waals surface area contributed by atoms with E-state index in [2.05, 4.69) is 0 Å². The fourth-order valence-electron chi connectivity index (χ4n) is 3.73. The lowest BCUT2D eigenvalue weighted by atomic mass is 9.84. The Hall–Kier alpha value is -1.76. The molecule has 0 saturated carbocycles. The minimum absolute atomic E-state index is 0.0908. The van der Waals surface area contributed by atoms with Crippen LogP contribution in [0.5, 0.6) is 0 Å². The van der Waals surface area contributed by atoms with Gasteiger partial charge in [0, 0.05) is 43.6 Å². The monoisotopic (exact) mass is 380 g/mol. The summed E-state index contributed by atoms with van der Waals surface area (Å²) in [5.74, 6) is -0.107. The molecular weight excluding hydrogens is 355 g/mol. The molecule has 2 aliphatic heterocycles. The van der Waals surface area contributed by atoms with Gasteiger partial charge in [0.05, 0.1) is 5.92 Å². The summed E-state index contributed by atoms with van der Waals surface area (Å²) >= 11 is 1.82. The van der Waals surface area contributed by atoms with Crippen molar-refractivity contribution >= 4 is 23.8 Å². The Kier molecular flexibility index (Phi) is 6.06. The number of likely N-dealkylation sites (tertiary alicyclic amines) is 1. The molecule has 2 saturated heterocycles. The first-order valence-corrected chi connectivity index (χ1v) is 10.3. The number of hydrogen-bond donors (Lipinski definition) is 1. The number of nitrogens with zero attached hydrogens (tertiary/aromatic N) is 2. The van der Waals surface area contributed by atoms with E-state index in [1.54, 1.807) is 15.9 Å². The summed E-state index contributed by atoms with van der Waals surface area (Å²) in [6.07, 6.45) is 1.05. The Bertz CT molecular complexity index is 679. The Balaban J connectivity index is 1.80. The first-order valence-electron chi connectivity index (χ1n) is 9.12. The maximum Gasteiger partial charge on any atom is 0.320 e. The minimum atomic E-state index is -0.896. The van der Waals surface area contributed by atoms with E-state index in [1.807, 2.05) is 24.8 Å². The molecule has 5 nitrogen and oxygen atoms in total. The summed E-state index contributed by atoms with van der Waals surface area (Å²) < 4.78 is 14.2. The largest absolute Gasteiger partial charge is 0.481 e. The predicted molar refractivity (Wildman–Crippen MR) is 100 cm³/mol. The van der Waals surface area contributed by atoms with Crippen LogP contribution in [0.15, 0.2) is 18.2 Å². The summed E-state index contributed by atoms with van der Waals surface area (Å²) in [6.45, 7) is 3.96. The van der Waals surface area contributed by atoms with Crippen molar-refractivity contribution in [2.75, 3.05) is 37.7 Å². The summed E-state index contributed by atoms with van der Waals surface area (Å²) in [7, 11) is 0. The number of carboxylic acids is 1. The van der Waals surface area contributed by atoms with E-state index in [0.717, 1.165) is 17.1 Å². The van der Waals surface area contributed by atoms with E-state index in [1.165, 1.54) is 6.07 Å². The highest BCUT2D eigenvalue weighted by Gasteiger charge is 2.36. The fraction of sp³-hybridized carbons (Fsp3) is 0.579. The highest BCUT2D eigenvalue weighted by atomic mass is 32.2. The summed E-state index contributed by atoms with van der Waals surface area (Å²) in [5, 5.41) is 9.52. The number of benzene rings is 1. The van der Waals surface area contributed by atoms with Gasteiger partial charge in [0.25, 0.3) is 0 Å². The smallest absolute Gasteiger partial charge is 0.320 e. The molecule has 0 spiro atoms. The summed E-state index contributed by atoms with van der Waals surface area (Å²) in [4.78, 5) is 27.9. The van der Waals surface area contributed by atoms with Gasteiger partial charge in [-0.05, 0) is 30.0 Å². The number of urea groups is 1. The SMILES string of the molecule is CCc1ccc(C2CC(C(=O)O)CN(C(=O)N3CCSCC3)C2)cc1F.